The lowest BCUT2D eigenvalue weighted by Crippen LogP contribution is -2.44. The molecule has 1 amide bonds. The van der Waals surface area contributed by atoms with Crippen molar-refractivity contribution in [2.75, 3.05) is 24.3 Å². The van der Waals surface area contributed by atoms with Crippen LogP contribution in [0.3, 0.4) is 0 Å². The number of aromatic nitrogens is 6. The van der Waals surface area contributed by atoms with Gasteiger partial charge in [-0.25, -0.2) is 9.67 Å². The zero-order valence-corrected chi connectivity index (χ0v) is 20.3. The molecule has 3 heterocycles. The van der Waals surface area contributed by atoms with Crippen molar-refractivity contribution in [1.82, 2.24) is 34.6 Å². The van der Waals surface area contributed by atoms with Gasteiger partial charge in [0.15, 0.2) is 17.0 Å². The topological polar surface area (TPSA) is 209 Å². The summed E-state index contributed by atoms with van der Waals surface area (Å²) in [7, 11) is 0. The van der Waals surface area contributed by atoms with Crippen molar-refractivity contribution < 1.29 is 25.2 Å². The van der Waals surface area contributed by atoms with E-state index in [2.05, 4.69) is 30.7 Å². The van der Waals surface area contributed by atoms with E-state index in [0.29, 0.717) is 29.1 Å². The zero-order valence-electron chi connectivity index (χ0n) is 20.3. The van der Waals surface area contributed by atoms with Gasteiger partial charge >= 0.3 is 0 Å². The Labute approximate surface area is 216 Å². The van der Waals surface area contributed by atoms with E-state index < -0.39 is 42.8 Å². The van der Waals surface area contributed by atoms with Crippen LogP contribution < -0.4 is 16.4 Å². The van der Waals surface area contributed by atoms with Crippen molar-refractivity contribution in [2.45, 2.75) is 43.2 Å². The number of carbonyl (C=O) groups is 1. The molecule has 0 bridgehead atoms. The van der Waals surface area contributed by atoms with Crippen LogP contribution >= 0.6 is 0 Å². The largest absolute Gasteiger partial charge is 0.396 e. The third-order valence-electron chi connectivity index (χ3n) is 6.60. The number of benzene rings is 1. The molecule has 0 radical (unpaired) electrons. The Morgan fingerprint density at radius 3 is 2.63 bits per heavy atom. The number of nitrogens with two attached hydrogens (primary N) is 1. The van der Waals surface area contributed by atoms with E-state index >= 15 is 0 Å². The molecule has 0 saturated heterocycles. The van der Waals surface area contributed by atoms with Gasteiger partial charge in [-0.1, -0.05) is 30.3 Å². The highest BCUT2D eigenvalue weighted by Crippen LogP contribution is 2.34. The number of fused-ring (bicyclic) bond motifs is 1. The summed E-state index contributed by atoms with van der Waals surface area (Å²) in [5, 5.41) is 50.5. The van der Waals surface area contributed by atoms with Crippen LogP contribution in [-0.2, 0) is 11.2 Å². The van der Waals surface area contributed by atoms with Crippen LogP contribution in [0.2, 0.25) is 0 Å². The maximum Gasteiger partial charge on any atom is 0.254 e. The quantitative estimate of drug-likeness (QED) is 0.138. The van der Waals surface area contributed by atoms with Crippen molar-refractivity contribution >= 4 is 28.6 Å². The average Bonchev–Trinajstić information content (AvgIpc) is 3.62. The molecule has 1 saturated carbocycles. The highest BCUT2D eigenvalue weighted by Gasteiger charge is 2.43. The van der Waals surface area contributed by atoms with E-state index in [-0.39, 0.29) is 19.0 Å². The molecule has 38 heavy (non-hydrogen) atoms. The van der Waals surface area contributed by atoms with E-state index in [0.717, 1.165) is 5.56 Å². The first-order valence-electron chi connectivity index (χ1n) is 12.1. The van der Waals surface area contributed by atoms with Gasteiger partial charge < -0.3 is 41.4 Å². The maximum absolute atomic E-state index is 11.7. The van der Waals surface area contributed by atoms with Crippen LogP contribution in [0, 0.1) is 0 Å². The van der Waals surface area contributed by atoms with E-state index in [1.807, 2.05) is 30.3 Å². The average molecular weight is 524 g/mol. The molecule has 14 heteroatoms. The first-order valence-corrected chi connectivity index (χ1v) is 12.1. The number of hydrogen-bond donors (Lipinski definition) is 7. The SMILES string of the molecule is Nc1cnn(-c2nc(NC(CO)Cc3ccccc3)c3ncn(C4CC(NC(=O)CO)C(O)C4O)c3n2)c1. The summed E-state index contributed by atoms with van der Waals surface area (Å²) >= 11 is 0. The van der Waals surface area contributed by atoms with Gasteiger partial charge in [0.1, 0.15) is 18.8 Å². The molecular formula is C24H29N9O5. The van der Waals surface area contributed by atoms with Crippen molar-refractivity contribution in [3.8, 4) is 5.95 Å². The number of aliphatic hydroxyl groups excluding tert-OH is 4. The molecule has 8 N–H and O–H groups in total. The van der Waals surface area contributed by atoms with Crippen LogP contribution in [0.5, 0.6) is 0 Å². The molecule has 3 aromatic heterocycles. The standard InChI is InChI=1S/C24H29N9O5/c25-14-8-27-33(9-14)24-30-22(28-15(10-34)6-13-4-2-1-3-5-13)19-23(31-24)32(12-26-19)17-7-16(20(37)21(17)38)29-18(36)11-35/h1-5,8-9,12,15-17,20-21,34-35,37-38H,6-7,10-11,25H2,(H,29,36)(H,28,30,31). The summed E-state index contributed by atoms with van der Waals surface area (Å²) in [6, 6.07) is 7.83. The number of nitrogen functional groups attached to an aromatic ring is 1. The predicted molar refractivity (Wildman–Crippen MR) is 136 cm³/mol. The molecule has 1 aromatic carbocycles. The Hall–Kier alpha value is -4.11. The van der Waals surface area contributed by atoms with Gasteiger partial charge in [0.05, 0.1) is 49.1 Å². The number of carbonyl (C=O) groups excluding carboxylic acids is 1. The summed E-state index contributed by atoms with van der Waals surface area (Å²) in [6.07, 6.45) is 2.67. The van der Waals surface area contributed by atoms with Crippen molar-refractivity contribution in [1.29, 1.82) is 0 Å². The van der Waals surface area contributed by atoms with E-state index in [4.69, 9.17) is 10.8 Å². The minimum absolute atomic E-state index is 0.170. The van der Waals surface area contributed by atoms with Crippen LogP contribution in [0.1, 0.15) is 18.0 Å². The lowest BCUT2D eigenvalue weighted by atomic mass is 10.1. The molecule has 0 spiro atoms. The first kappa shape index (κ1) is 25.5. The summed E-state index contributed by atoms with van der Waals surface area (Å²) in [6.45, 7) is -0.906. The molecule has 5 atom stereocenters. The van der Waals surface area contributed by atoms with Gasteiger partial charge in [0, 0.05) is 0 Å². The third-order valence-corrected chi connectivity index (χ3v) is 6.60. The second-order valence-electron chi connectivity index (χ2n) is 9.24. The zero-order chi connectivity index (χ0) is 26.8. The van der Waals surface area contributed by atoms with E-state index in [9.17, 15) is 20.1 Å². The Bertz CT molecular complexity index is 1410. The molecule has 1 aliphatic carbocycles. The second kappa shape index (κ2) is 10.7. The van der Waals surface area contributed by atoms with Crippen LogP contribution in [-0.4, -0.2) is 93.1 Å². The minimum Gasteiger partial charge on any atom is -0.396 e. The molecular weight excluding hydrogens is 494 g/mol. The number of nitrogens with one attached hydrogen (secondary N) is 2. The number of nitrogens with zero attached hydrogens (tertiary/aromatic N) is 6. The second-order valence-corrected chi connectivity index (χ2v) is 9.24. The Balaban J connectivity index is 1.53. The Morgan fingerprint density at radius 1 is 1.16 bits per heavy atom. The number of hydrogen-bond acceptors (Lipinski definition) is 11. The number of rotatable bonds is 9. The third kappa shape index (κ3) is 5.02. The molecule has 5 unspecified atom stereocenters. The fraction of sp³-hybridized carbons (Fsp3) is 0.375. The fourth-order valence-corrected chi connectivity index (χ4v) is 4.73. The van der Waals surface area contributed by atoms with Gasteiger partial charge in [0.25, 0.3) is 5.95 Å². The van der Waals surface area contributed by atoms with Gasteiger partial charge in [-0.2, -0.15) is 15.1 Å². The Kier molecular flexibility index (Phi) is 7.20. The van der Waals surface area contributed by atoms with Gasteiger partial charge in [-0.3, -0.25) is 4.79 Å². The summed E-state index contributed by atoms with van der Waals surface area (Å²) in [5.41, 5.74) is 8.00. The maximum atomic E-state index is 11.7. The van der Waals surface area contributed by atoms with Crippen molar-refractivity contribution in [3.63, 3.8) is 0 Å². The summed E-state index contributed by atoms with van der Waals surface area (Å²) in [5.74, 6) is -0.141. The first-order chi connectivity index (χ1) is 18.4. The van der Waals surface area contributed by atoms with Crippen LogP contribution in [0.4, 0.5) is 11.5 Å². The number of anilines is 2. The van der Waals surface area contributed by atoms with E-state index in [1.165, 1.54) is 17.2 Å². The Morgan fingerprint density at radius 2 is 1.95 bits per heavy atom. The molecule has 0 aliphatic heterocycles. The van der Waals surface area contributed by atoms with Crippen LogP contribution in [0.15, 0.2) is 49.1 Å². The fourth-order valence-electron chi connectivity index (χ4n) is 4.73. The smallest absolute Gasteiger partial charge is 0.254 e. The van der Waals surface area contributed by atoms with Crippen LogP contribution in [0.25, 0.3) is 17.1 Å². The number of amides is 1. The molecule has 14 nitrogen and oxygen atoms in total. The lowest BCUT2D eigenvalue weighted by molar-refractivity contribution is -0.125. The summed E-state index contributed by atoms with van der Waals surface area (Å²) in [4.78, 5) is 25.4. The highest BCUT2D eigenvalue weighted by atomic mass is 16.3. The minimum atomic E-state index is -1.26. The highest BCUT2D eigenvalue weighted by molar-refractivity contribution is 5.84. The normalized spacial score (nSPS) is 22.0. The summed E-state index contributed by atoms with van der Waals surface area (Å²) < 4.78 is 3.01. The lowest BCUT2D eigenvalue weighted by Gasteiger charge is -2.20. The molecule has 1 aliphatic rings. The number of imidazole rings is 1. The molecule has 1 fully saturated rings. The van der Waals surface area contributed by atoms with Crippen molar-refractivity contribution in [3.05, 3.63) is 54.6 Å². The molecule has 5 rings (SSSR count). The van der Waals surface area contributed by atoms with Gasteiger partial charge in [0.2, 0.25) is 5.91 Å². The monoisotopic (exact) mass is 523 g/mol. The molecule has 200 valence electrons. The number of aliphatic hydroxyl groups is 4. The van der Waals surface area contributed by atoms with Gasteiger partial charge in [-0.05, 0) is 18.4 Å². The predicted octanol–water partition coefficient (Wildman–Crippen LogP) is -1.25. The van der Waals surface area contributed by atoms with Gasteiger partial charge in [-0.15, -0.1) is 0 Å². The molecule has 4 aromatic rings. The van der Waals surface area contributed by atoms with Crippen molar-refractivity contribution in [2.24, 2.45) is 0 Å². The van der Waals surface area contributed by atoms with E-state index in [1.54, 1.807) is 10.8 Å².